The normalized spacial score (nSPS) is 10.5. The molecule has 2 rings (SSSR count). The number of methoxy groups -OCH3 is 2. The summed E-state index contributed by atoms with van der Waals surface area (Å²) in [5.41, 5.74) is 1.40. The van der Waals surface area contributed by atoms with Crippen LogP contribution in [0.15, 0.2) is 48.5 Å². The molecule has 0 heterocycles. The summed E-state index contributed by atoms with van der Waals surface area (Å²) in [4.78, 5) is 11.9. The molecular formula is C17H16ClNO3. The van der Waals surface area contributed by atoms with Crippen LogP contribution in [-0.2, 0) is 4.79 Å². The third-order valence-corrected chi connectivity index (χ3v) is 3.39. The van der Waals surface area contributed by atoms with Gasteiger partial charge in [0, 0.05) is 11.8 Å². The van der Waals surface area contributed by atoms with Gasteiger partial charge in [0.2, 0.25) is 5.91 Å². The molecule has 0 spiro atoms. The molecule has 0 saturated carbocycles. The van der Waals surface area contributed by atoms with Gasteiger partial charge in [-0.2, -0.15) is 0 Å². The smallest absolute Gasteiger partial charge is 0.248 e. The Labute approximate surface area is 134 Å². The fourth-order valence-corrected chi connectivity index (χ4v) is 2.10. The van der Waals surface area contributed by atoms with Gasteiger partial charge >= 0.3 is 0 Å². The largest absolute Gasteiger partial charge is 0.497 e. The van der Waals surface area contributed by atoms with Crippen LogP contribution < -0.4 is 14.8 Å². The van der Waals surface area contributed by atoms with Gasteiger partial charge in [-0.3, -0.25) is 4.79 Å². The minimum Gasteiger partial charge on any atom is -0.497 e. The quantitative estimate of drug-likeness (QED) is 0.848. The fraction of sp³-hybridized carbons (Fsp3) is 0.118. The Morgan fingerprint density at radius 1 is 1.09 bits per heavy atom. The summed E-state index contributed by atoms with van der Waals surface area (Å²) in [6, 6.07) is 12.5. The minimum atomic E-state index is -0.246. The van der Waals surface area contributed by atoms with Gasteiger partial charge < -0.3 is 14.8 Å². The Kier molecular flexibility index (Phi) is 5.44. The summed E-state index contributed by atoms with van der Waals surface area (Å²) >= 11 is 6.16. The van der Waals surface area contributed by atoms with Gasteiger partial charge in [-0.25, -0.2) is 0 Å². The molecular weight excluding hydrogens is 302 g/mol. The standard InChI is InChI=1S/C17H16ClNO3/c1-21-14-9-7-13(8-10-14)19-16(20)11-6-12-4-3-5-15(22-2)17(12)18/h3-11H,1-2H3,(H,19,20)/b11-6+. The minimum absolute atomic E-state index is 0.246. The molecule has 22 heavy (non-hydrogen) atoms. The van der Waals surface area contributed by atoms with Crippen molar-refractivity contribution in [1.29, 1.82) is 0 Å². The van der Waals surface area contributed by atoms with Crippen molar-refractivity contribution >= 4 is 29.3 Å². The van der Waals surface area contributed by atoms with E-state index < -0.39 is 0 Å². The first-order valence-electron chi connectivity index (χ1n) is 6.59. The topological polar surface area (TPSA) is 47.6 Å². The van der Waals surface area contributed by atoms with Crippen LogP contribution in [0, 0.1) is 0 Å². The third-order valence-electron chi connectivity index (χ3n) is 2.98. The summed E-state index contributed by atoms with van der Waals surface area (Å²) in [5.74, 6) is 1.06. The van der Waals surface area contributed by atoms with Gasteiger partial charge in [-0.1, -0.05) is 23.7 Å². The van der Waals surface area contributed by atoms with E-state index in [9.17, 15) is 4.79 Å². The summed E-state index contributed by atoms with van der Waals surface area (Å²) in [6.07, 6.45) is 3.06. The summed E-state index contributed by atoms with van der Waals surface area (Å²) in [6.45, 7) is 0. The van der Waals surface area contributed by atoms with Gasteiger partial charge in [-0.15, -0.1) is 0 Å². The zero-order valence-electron chi connectivity index (χ0n) is 12.3. The molecule has 0 fully saturated rings. The molecule has 114 valence electrons. The second-order valence-corrected chi connectivity index (χ2v) is 4.79. The molecule has 0 radical (unpaired) electrons. The van der Waals surface area contributed by atoms with Gasteiger partial charge in [0.1, 0.15) is 11.5 Å². The number of ether oxygens (including phenoxy) is 2. The summed E-state index contributed by atoms with van der Waals surface area (Å²) in [7, 11) is 3.14. The van der Waals surface area contributed by atoms with E-state index in [1.54, 1.807) is 50.6 Å². The molecule has 4 nitrogen and oxygen atoms in total. The number of halogens is 1. The van der Waals surface area contributed by atoms with Crippen molar-refractivity contribution in [3.63, 3.8) is 0 Å². The Bertz CT molecular complexity index is 681. The molecule has 2 aromatic carbocycles. The van der Waals surface area contributed by atoms with E-state index >= 15 is 0 Å². The number of carbonyl (C=O) groups excluding carboxylic acids is 1. The first kappa shape index (κ1) is 15.9. The van der Waals surface area contributed by atoms with Crippen molar-refractivity contribution in [2.45, 2.75) is 0 Å². The van der Waals surface area contributed by atoms with Crippen LogP contribution in [0.1, 0.15) is 5.56 Å². The highest BCUT2D eigenvalue weighted by Crippen LogP contribution is 2.28. The maximum atomic E-state index is 11.9. The van der Waals surface area contributed by atoms with E-state index in [2.05, 4.69) is 5.32 Å². The summed E-state index contributed by atoms with van der Waals surface area (Å²) < 4.78 is 10.2. The highest BCUT2D eigenvalue weighted by Gasteiger charge is 2.04. The molecule has 0 aliphatic carbocycles. The average Bonchev–Trinajstić information content (AvgIpc) is 2.54. The van der Waals surface area contributed by atoms with Crippen LogP contribution in [0.5, 0.6) is 11.5 Å². The van der Waals surface area contributed by atoms with E-state index in [-0.39, 0.29) is 5.91 Å². The number of amides is 1. The van der Waals surface area contributed by atoms with E-state index in [1.165, 1.54) is 6.08 Å². The Balaban J connectivity index is 2.05. The van der Waals surface area contributed by atoms with Crippen molar-refractivity contribution in [1.82, 2.24) is 0 Å². The van der Waals surface area contributed by atoms with Crippen molar-refractivity contribution in [3.8, 4) is 11.5 Å². The highest BCUT2D eigenvalue weighted by molar-refractivity contribution is 6.33. The van der Waals surface area contributed by atoms with E-state index in [0.717, 1.165) is 5.75 Å². The summed E-state index contributed by atoms with van der Waals surface area (Å²) in [5, 5.41) is 3.23. The van der Waals surface area contributed by atoms with Crippen molar-refractivity contribution in [2.75, 3.05) is 19.5 Å². The molecule has 0 aliphatic rings. The molecule has 1 amide bonds. The molecule has 0 unspecified atom stereocenters. The number of anilines is 1. The van der Waals surface area contributed by atoms with Crippen LogP contribution in [0.2, 0.25) is 5.02 Å². The second kappa shape index (κ2) is 7.52. The third kappa shape index (κ3) is 4.02. The predicted molar refractivity (Wildman–Crippen MR) is 88.7 cm³/mol. The van der Waals surface area contributed by atoms with Crippen LogP contribution in [0.4, 0.5) is 5.69 Å². The van der Waals surface area contributed by atoms with Crippen molar-refractivity contribution < 1.29 is 14.3 Å². The average molecular weight is 318 g/mol. The Morgan fingerprint density at radius 2 is 1.82 bits per heavy atom. The zero-order valence-corrected chi connectivity index (χ0v) is 13.1. The molecule has 0 atom stereocenters. The molecule has 0 bridgehead atoms. The van der Waals surface area contributed by atoms with Gasteiger partial charge in [0.25, 0.3) is 0 Å². The first-order valence-corrected chi connectivity index (χ1v) is 6.97. The lowest BCUT2D eigenvalue weighted by molar-refractivity contribution is -0.111. The molecule has 2 aromatic rings. The number of rotatable bonds is 5. The number of hydrogen-bond acceptors (Lipinski definition) is 3. The lowest BCUT2D eigenvalue weighted by Gasteiger charge is -2.05. The van der Waals surface area contributed by atoms with Gasteiger partial charge in [0.05, 0.1) is 19.2 Å². The van der Waals surface area contributed by atoms with E-state index in [4.69, 9.17) is 21.1 Å². The number of benzene rings is 2. The van der Waals surface area contributed by atoms with Crippen molar-refractivity contribution in [3.05, 3.63) is 59.1 Å². The molecule has 0 aromatic heterocycles. The number of hydrogen-bond donors (Lipinski definition) is 1. The molecule has 0 aliphatic heterocycles. The van der Waals surface area contributed by atoms with Gasteiger partial charge in [-0.05, 0) is 42.0 Å². The van der Waals surface area contributed by atoms with Crippen LogP contribution in [0.3, 0.4) is 0 Å². The maximum absolute atomic E-state index is 11.9. The Hall–Kier alpha value is -2.46. The maximum Gasteiger partial charge on any atom is 0.248 e. The van der Waals surface area contributed by atoms with Crippen LogP contribution in [0.25, 0.3) is 6.08 Å². The molecule has 5 heteroatoms. The first-order chi connectivity index (χ1) is 10.6. The lowest BCUT2D eigenvalue weighted by Crippen LogP contribution is -2.07. The fourth-order valence-electron chi connectivity index (χ4n) is 1.84. The Morgan fingerprint density at radius 3 is 2.45 bits per heavy atom. The molecule has 1 N–H and O–H groups in total. The van der Waals surface area contributed by atoms with E-state index in [0.29, 0.717) is 22.0 Å². The van der Waals surface area contributed by atoms with Crippen molar-refractivity contribution in [2.24, 2.45) is 0 Å². The lowest BCUT2D eigenvalue weighted by atomic mass is 10.2. The van der Waals surface area contributed by atoms with Gasteiger partial charge in [0.15, 0.2) is 0 Å². The van der Waals surface area contributed by atoms with Crippen LogP contribution in [-0.4, -0.2) is 20.1 Å². The highest BCUT2D eigenvalue weighted by atomic mass is 35.5. The number of nitrogens with one attached hydrogen (secondary N) is 1. The van der Waals surface area contributed by atoms with E-state index in [1.807, 2.05) is 12.1 Å². The monoisotopic (exact) mass is 317 g/mol. The van der Waals surface area contributed by atoms with Crippen LogP contribution >= 0.6 is 11.6 Å². The zero-order chi connectivity index (χ0) is 15.9. The predicted octanol–water partition coefficient (Wildman–Crippen LogP) is 4.01. The molecule has 0 saturated heterocycles. The second-order valence-electron chi connectivity index (χ2n) is 4.41. The number of carbonyl (C=O) groups is 1. The SMILES string of the molecule is COc1ccc(NC(=O)/C=C/c2cccc(OC)c2Cl)cc1.